The molecule has 2 N–H and O–H groups in total. The Hall–Kier alpha value is -3.48. The maximum Gasteiger partial charge on any atom is 0.407 e. The molecule has 0 spiro atoms. The third kappa shape index (κ3) is 8.46. The molecule has 0 aliphatic rings. The first-order valence-corrected chi connectivity index (χ1v) is 11.5. The smallest absolute Gasteiger partial charge is 0.407 e. The molecule has 3 rings (SSSR count). The Labute approximate surface area is 200 Å². The molecule has 178 valence electrons. The molecule has 1 amide bonds. The molecule has 3 aromatic carbocycles. The normalized spacial score (nSPS) is 12.5. The zero-order chi connectivity index (χ0) is 24.0. The first kappa shape index (κ1) is 25.1. The van der Waals surface area contributed by atoms with Gasteiger partial charge >= 0.3 is 6.09 Å². The van der Waals surface area contributed by atoms with E-state index in [0.717, 1.165) is 11.1 Å². The van der Waals surface area contributed by atoms with Crippen molar-refractivity contribution in [2.75, 3.05) is 6.61 Å². The average molecular weight is 462 g/mol. The summed E-state index contributed by atoms with van der Waals surface area (Å²) in [6.45, 7) is 0.439. The summed E-state index contributed by atoms with van der Waals surface area (Å²) in [4.78, 5) is 25.6. The largest absolute Gasteiger partial charge is 0.445 e. The van der Waals surface area contributed by atoms with Gasteiger partial charge in [-0.05, 0) is 24.0 Å². The lowest BCUT2D eigenvalue weighted by molar-refractivity contribution is 0.00358. The van der Waals surface area contributed by atoms with Gasteiger partial charge in [-0.1, -0.05) is 91.0 Å². The number of aliphatic hydroxyl groups is 1. The van der Waals surface area contributed by atoms with E-state index < -0.39 is 18.2 Å². The summed E-state index contributed by atoms with van der Waals surface area (Å²) in [6.07, 6.45) is -0.0862. The van der Waals surface area contributed by atoms with Crippen LogP contribution in [0.3, 0.4) is 0 Å². The Morgan fingerprint density at radius 3 is 1.94 bits per heavy atom. The van der Waals surface area contributed by atoms with Crippen molar-refractivity contribution in [2.45, 2.75) is 44.6 Å². The molecular weight excluding hydrogens is 430 g/mol. The molecular formula is C28H31NO5. The molecule has 6 nitrogen and oxygen atoms in total. The van der Waals surface area contributed by atoms with E-state index in [0.29, 0.717) is 25.0 Å². The molecule has 0 radical (unpaired) electrons. The molecule has 3 aromatic rings. The maximum atomic E-state index is 13.0. The highest BCUT2D eigenvalue weighted by molar-refractivity contribution is 5.96. The van der Waals surface area contributed by atoms with E-state index in [1.54, 1.807) is 24.3 Å². The summed E-state index contributed by atoms with van der Waals surface area (Å²) >= 11 is 0. The standard InChI is InChI=1S/C28H31NO5/c30-18-10-17-27(33-20-22-11-4-1-5-12-22)25(19-26(31)24-15-8-3-9-16-24)29-28(32)34-21-23-13-6-2-7-14-23/h1-9,11-16,25,27,30H,10,17-21H2,(H,29,32)/t25-,27-/m0/s1. The van der Waals surface area contributed by atoms with Crippen LogP contribution in [0.25, 0.3) is 0 Å². The topological polar surface area (TPSA) is 84.9 Å². The Morgan fingerprint density at radius 2 is 1.35 bits per heavy atom. The van der Waals surface area contributed by atoms with Crippen LogP contribution in [0.15, 0.2) is 91.0 Å². The van der Waals surface area contributed by atoms with E-state index in [1.807, 2.05) is 66.7 Å². The fourth-order valence-electron chi connectivity index (χ4n) is 3.60. The van der Waals surface area contributed by atoms with E-state index in [1.165, 1.54) is 0 Å². The number of aliphatic hydroxyl groups excluding tert-OH is 1. The van der Waals surface area contributed by atoms with Crippen LogP contribution >= 0.6 is 0 Å². The zero-order valence-corrected chi connectivity index (χ0v) is 19.1. The van der Waals surface area contributed by atoms with Crippen molar-refractivity contribution in [2.24, 2.45) is 0 Å². The fourth-order valence-corrected chi connectivity index (χ4v) is 3.60. The molecule has 0 saturated carbocycles. The van der Waals surface area contributed by atoms with Crippen molar-refractivity contribution in [3.05, 3.63) is 108 Å². The number of benzene rings is 3. The van der Waals surface area contributed by atoms with Crippen molar-refractivity contribution in [1.29, 1.82) is 0 Å². The molecule has 0 aliphatic heterocycles. The highest BCUT2D eigenvalue weighted by Crippen LogP contribution is 2.17. The van der Waals surface area contributed by atoms with Gasteiger partial charge in [0.2, 0.25) is 0 Å². The van der Waals surface area contributed by atoms with Gasteiger partial charge in [0.15, 0.2) is 5.78 Å². The van der Waals surface area contributed by atoms with E-state index in [4.69, 9.17) is 9.47 Å². The van der Waals surface area contributed by atoms with Crippen molar-refractivity contribution < 1.29 is 24.2 Å². The molecule has 0 unspecified atom stereocenters. The number of ketones is 1. The summed E-state index contributed by atoms with van der Waals surface area (Å²) < 4.78 is 11.6. The number of carbonyl (C=O) groups is 2. The molecule has 6 heteroatoms. The number of nitrogens with one attached hydrogen (secondary N) is 1. The van der Waals surface area contributed by atoms with Crippen molar-refractivity contribution in [3.63, 3.8) is 0 Å². The van der Waals surface area contributed by atoms with Crippen LogP contribution < -0.4 is 5.32 Å². The Bertz CT molecular complexity index is 995. The summed E-state index contributed by atoms with van der Waals surface area (Å²) in [5.41, 5.74) is 2.42. The lowest BCUT2D eigenvalue weighted by atomic mass is 9.97. The van der Waals surface area contributed by atoms with Gasteiger partial charge in [-0.25, -0.2) is 4.79 Å². The first-order chi connectivity index (χ1) is 16.7. The molecule has 34 heavy (non-hydrogen) atoms. The van der Waals surface area contributed by atoms with Crippen molar-refractivity contribution in [1.82, 2.24) is 5.32 Å². The maximum absolute atomic E-state index is 13.0. The molecule has 0 fully saturated rings. The van der Waals surface area contributed by atoms with Gasteiger partial charge < -0.3 is 19.9 Å². The van der Waals surface area contributed by atoms with Gasteiger partial charge in [-0.3, -0.25) is 4.79 Å². The number of amides is 1. The number of rotatable bonds is 13. The minimum Gasteiger partial charge on any atom is -0.445 e. The van der Waals surface area contributed by atoms with Gasteiger partial charge in [-0.2, -0.15) is 0 Å². The average Bonchev–Trinajstić information content (AvgIpc) is 2.89. The number of Topliss-reactive ketones (excluding diaryl/α,β-unsaturated/α-hetero) is 1. The highest BCUT2D eigenvalue weighted by atomic mass is 16.5. The van der Waals surface area contributed by atoms with E-state index >= 15 is 0 Å². The molecule has 0 saturated heterocycles. The summed E-state index contributed by atoms with van der Waals surface area (Å²) in [5.74, 6) is -0.105. The summed E-state index contributed by atoms with van der Waals surface area (Å²) in [7, 11) is 0. The fraction of sp³-hybridized carbons (Fsp3) is 0.286. The van der Waals surface area contributed by atoms with Gasteiger partial charge in [0, 0.05) is 18.6 Å². The van der Waals surface area contributed by atoms with Gasteiger partial charge in [-0.15, -0.1) is 0 Å². The third-order valence-corrected chi connectivity index (χ3v) is 5.42. The molecule has 2 atom stereocenters. The quantitative estimate of drug-likeness (QED) is 0.353. The van der Waals surface area contributed by atoms with Crippen LogP contribution in [-0.4, -0.2) is 35.7 Å². The molecule has 0 bridgehead atoms. The van der Waals surface area contributed by atoms with Crippen LogP contribution in [0.5, 0.6) is 0 Å². The van der Waals surface area contributed by atoms with Crippen LogP contribution in [0.1, 0.15) is 40.7 Å². The number of hydrogen-bond donors (Lipinski definition) is 2. The first-order valence-electron chi connectivity index (χ1n) is 11.5. The molecule has 0 aliphatic carbocycles. The Balaban J connectivity index is 1.71. The third-order valence-electron chi connectivity index (χ3n) is 5.42. The van der Waals surface area contributed by atoms with Crippen LogP contribution in [-0.2, 0) is 22.7 Å². The zero-order valence-electron chi connectivity index (χ0n) is 19.1. The second-order valence-electron chi connectivity index (χ2n) is 8.01. The summed E-state index contributed by atoms with van der Waals surface area (Å²) in [5, 5.41) is 12.2. The number of ether oxygens (including phenoxy) is 2. The van der Waals surface area contributed by atoms with Crippen LogP contribution in [0, 0.1) is 0 Å². The number of alkyl carbamates (subject to hydrolysis) is 1. The number of hydrogen-bond acceptors (Lipinski definition) is 5. The van der Waals surface area contributed by atoms with E-state index in [9.17, 15) is 14.7 Å². The predicted octanol–water partition coefficient (Wildman–Crippen LogP) is 4.91. The van der Waals surface area contributed by atoms with Crippen LogP contribution in [0.4, 0.5) is 4.79 Å². The minimum absolute atomic E-state index is 0.0109. The molecule has 0 aromatic heterocycles. The highest BCUT2D eigenvalue weighted by Gasteiger charge is 2.27. The Morgan fingerprint density at radius 1 is 0.794 bits per heavy atom. The van der Waals surface area contributed by atoms with Gasteiger partial charge in [0.05, 0.1) is 18.8 Å². The second kappa shape index (κ2) is 13.9. The van der Waals surface area contributed by atoms with Gasteiger partial charge in [0.25, 0.3) is 0 Å². The van der Waals surface area contributed by atoms with E-state index in [-0.39, 0.29) is 25.4 Å². The van der Waals surface area contributed by atoms with Crippen LogP contribution in [0.2, 0.25) is 0 Å². The lowest BCUT2D eigenvalue weighted by Crippen LogP contribution is -2.46. The SMILES string of the molecule is O=C(N[C@@H](CC(=O)c1ccccc1)[C@H](CCCO)OCc1ccccc1)OCc1ccccc1. The van der Waals surface area contributed by atoms with Crippen molar-refractivity contribution in [3.8, 4) is 0 Å². The second-order valence-corrected chi connectivity index (χ2v) is 8.01. The summed E-state index contributed by atoms with van der Waals surface area (Å²) in [6, 6.07) is 27.4. The van der Waals surface area contributed by atoms with E-state index in [2.05, 4.69) is 5.32 Å². The predicted molar refractivity (Wildman–Crippen MR) is 130 cm³/mol. The lowest BCUT2D eigenvalue weighted by Gasteiger charge is -2.28. The van der Waals surface area contributed by atoms with Gasteiger partial charge in [0.1, 0.15) is 6.61 Å². The minimum atomic E-state index is -0.619. The monoisotopic (exact) mass is 461 g/mol. The Kier molecular flexibility index (Phi) is 10.3. The number of carbonyl (C=O) groups excluding carboxylic acids is 2. The van der Waals surface area contributed by atoms with Crippen molar-refractivity contribution >= 4 is 11.9 Å². The molecule has 0 heterocycles.